The van der Waals surface area contributed by atoms with Crippen molar-refractivity contribution >= 4 is 32.0 Å². The molecule has 0 unspecified atom stereocenters. The third kappa shape index (κ3) is 3.85. The number of nitrogens with one attached hydrogen (secondary N) is 1. The van der Waals surface area contributed by atoms with Crippen LogP contribution in [0.15, 0.2) is 29.4 Å². The van der Waals surface area contributed by atoms with Gasteiger partial charge in [0.15, 0.2) is 10.4 Å². The van der Waals surface area contributed by atoms with Gasteiger partial charge in [-0.2, -0.15) is 18.3 Å². The Bertz CT molecular complexity index is 457. The highest BCUT2D eigenvalue weighted by molar-refractivity contribution is 9.19. The molecule has 0 aliphatic heterocycles. The van der Waals surface area contributed by atoms with Crippen molar-refractivity contribution in [3.8, 4) is 0 Å². The van der Waals surface area contributed by atoms with Gasteiger partial charge in [0.2, 0.25) is 0 Å². The number of nitrogens with zero attached hydrogens (tertiary/aromatic N) is 1. The van der Waals surface area contributed by atoms with Crippen LogP contribution in [0.25, 0.3) is 0 Å². The predicted molar refractivity (Wildman–Crippen MR) is 62.1 cm³/mol. The third-order valence-electron chi connectivity index (χ3n) is 1.80. The lowest BCUT2D eigenvalue weighted by atomic mass is 10.2. The summed E-state index contributed by atoms with van der Waals surface area (Å²) < 4.78 is 37.6. The van der Waals surface area contributed by atoms with Crippen LogP contribution in [0.3, 0.4) is 0 Å². The molecular formula is C10H8BrF3N2O. The Morgan fingerprint density at radius 2 is 1.94 bits per heavy atom. The van der Waals surface area contributed by atoms with Crippen LogP contribution < -0.4 is 5.43 Å². The van der Waals surface area contributed by atoms with E-state index in [-0.39, 0.29) is 16.1 Å². The van der Waals surface area contributed by atoms with Crippen molar-refractivity contribution in [2.45, 2.75) is 13.1 Å². The minimum atomic E-state index is -4.47. The molecule has 0 heterocycles. The first-order chi connectivity index (χ1) is 7.82. The fourth-order valence-electron chi connectivity index (χ4n) is 1.02. The number of anilines is 1. The minimum absolute atomic E-state index is 0.0746. The highest BCUT2D eigenvalue weighted by atomic mass is 79.9. The number of hydrogen-bond acceptors (Lipinski definition) is 3. The number of ketones is 1. The van der Waals surface area contributed by atoms with E-state index in [1.54, 1.807) is 0 Å². The highest BCUT2D eigenvalue weighted by Crippen LogP contribution is 2.34. The molecule has 1 rings (SSSR count). The van der Waals surface area contributed by atoms with E-state index in [0.717, 1.165) is 6.07 Å². The van der Waals surface area contributed by atoms with Crippen LogP contribution in [0, 0.1) is 0 Å². The molecule has 0 radical (unpaired) electrons. The quantitative estimate of drug-likeness (QED) is 0.686. The van der Waals surface area contributed by atoms with Crippen molar-refractivity contribution < 1.29 is 18.0 Å². The van der Waals surface area contributed by atoms with Crippen LogP contribution >= 0.6 is 15.9 Å². The molecule has 0 spiro atoms. The smallest absolute Gasteiger partial charge is 0.292 e. The summed E-state index contributed by atoms with van der Waals surface area (Å²) in [6.45, 7) is 1.24. The van der Waals surface area contributed by atoms with Crippen LogP contribution in [-0.2, 0) is 11.0 Å². The van der Waals surface area contributed by atoms with E-state index < -0.39 is 11.7 Å². The molecule has 0 saturated heterocycles. The fourth-order valence-corrected chi connectivity index (χ4v) is 1.10. The maximum atomic E-state index is 12.6. The van der Waals surface area contributed by atoms with Crippen molar-refractivity contribution in [1.82, 2.24) is 0 Å². The summed E-state index contributed by atoms with van der Waals surface area (Å²) in [6, 6.07) is 4.87. The third-order valence-corrected chi connectivity index (χ3v) is 2.53. The van der Waals surface area contributed by atoms with Crippen LogP contribution in [-0.4, -0.2) is 10.4 Å². The largest absolute Gasteiger partial charge is 0.418 e. The molecule has 0 aliphatic rings. The van der Waals surface area contributed by atoms with Gasteiger partial charge in [-0.3, -0.25) is 10.2 Å². The first-order valence-electron chi connectivity index (χ1n) is 4.48. The number of hydrazone groups is 1. The molecule has 1 aromatic carbocycles. The average molecular weight is 309 g/mol. The summed E-state index contributed by atoms with van der Waals surface area (Å²) in [5, 5.41) is 3.50. The lowest BCUT2D eigenvalue weighted by molar-refractivity contribution is -0.137. The van der Waals surface area contributed by atoms with E-state index in [1.165, 1.54) is 25.1 Å². The van der Waals surface area contributed by atoms with E-state index >= 15 is 0 Å². The Hall–Kier alpha value is -1.37. The zero-order valence-corrected chi connectivity index (χ0v) is 10.3. The number of benzene rings is 1. The first-order valence-corrected chi connectivity index (χ1v) is 5.28. The highest BCUT2D eigenvalue weighted by Gasteiger charge is 2.33. The van der Waals surface area contributed by atoms with Gasteiger partial charge in [-0.05, 0) is 28.1 Å². The Kier molecular flexibility index (Phi) is 4.28. The summed E-state index contributed by atoms with van der Waals surface area (Å²) >= 11 is 2.83. The Labute approximate surface area is 104 Å². The number of halogens is 4. The Morgan fingerprint density at radius 1 is 1.35 bits per heavy atom. The zero-order chi connectivity index (χ0) is 13.1. The summed E-state index contributed by atoms with van der Waals surface area (Å²) in [5.41, 5.74) is 1.15. The summed E-state index contributed by atoms with van der Waals surface area (Å²) in [6.07, 6.45) is -4.47. The number of alkyl halides is 3. The van der Waals surface area contributed by atoms with E-state index in [2.05, 4.69) is 26.5 Å². The van der Waals surface area contributed by atoms with E-state index in [4.69, 9.17) is 0 Å². The van der Waals surface area contributed by atoms with Gasteiger partial charge in [-0.25, -0.2) is 0 Å². The number of hydrogen-bond donors (Lipinski definition) is 1. The number of para-hydroxylation sites is 1. The Morgan fingerprint density at radius 3 is 2.47 bits per heavy atom. The van der Waals surface area contributed by atoms with Crippen molar-refractivity contribution in [3.63, 3.8) is 0 Å². The molecule has 0 aliphatic carbocycles. The molecule has 0 saturated carbocycles. The molecule has 92 valence electrons. The molecule has 7 heteroatoms. The topological polar surface area (TPSA) is 41.5 Å². The summed E-state index contributed by atoms with van der Waals surface area (Å²) in [7, 11) is 0. The zero-order valence-electron chi connectivity index (χ0n) is 8.68. The minimum Gasteiger partial charge on any atom is -0.292 e. The van der Waals surface area contributed by atoms with Crippen LogP contribution in [0.2, 0.25) is 0 Å². The normalized spacial score (nSPS) is 12.4. The molecule has 1 N–H and O–H groups in total. The average Bonchev–Trinajstić information content (AvgIpc) is 2.24. The van der Waals surface area contributed by atoms with Crippen molar-refractivity contribution in [2.24, 2.45) is 5.10 Å². The fraction of sp³-hybridized carbons (Fsp3) is 0.200. The molecule has 0 amide bonds. The maximum Gasteiger partial charge on any atom is 0.418 e. The second-order valence-electron chi connectivity index (χ2n) is 3.11. The number of Topliss-reactive ketones (excluding diaryl/α,β-unsaturated/α-hetero) is 1. The van der Waals surface area contributed by atoms with Crippen LogP contribution in [0.4, 0.5) is 18.9 Å². The molecule has 1 aromatic rings. The van der Waals surface area contributed by atoms with E-state index in [9.17, 15) is 18.0 Å². The molecular weight excluding hydrogens is 301 g/mol. The number of rotatable bonds is 3. The second kappa shape index (κ2) is 5.31. The predicted octanol–water partition coefficient (Wildman–Crippen LogP) is 3.41. The molecule has 0 bridgehead atoms. The lowest BCUT2D eigenvalue weighted by Crippen LogP contribution is -2.10. The monoisotopic (exact) mass is 308 g/mol. The van der Waals surface area contributed by atoms with Gasteiger partial charge in [0.25, 0.3) is 0 Å². The van der Waals surface area contributed by atoms with Crippen molar-refractivity contribution in [1.29, 1.82) is 0 Å². The van der Waals surface area contributed by atoms with Crippen LogP contribution in [0.5, 0.6) is 0 Å². The first kappa shape index (κ1) is 13.7. The van der Waals surface area contributed by atoms with Gasteiger partial charge in [0, 0.05) is 6.92 Å². The molecule has 17 heavy (non-hydrogen) atoms. The number of carbonyl (C=O) groups is 1. The summed E-state index contributed by atoms with van der Waals surface area (Å²) in [4.78, 5) is 10.8. The van der Waals surface area contributed by atoms with Gasteiger partial charge in [0.1, 0.15) is 0 Å². The van der Waals surface area contributed by atoms with E-state index in [0.29, 0.717) is 0 Å². The molecule has 0 aromatic heterocycles. The molecule has 3 nitrogen and oxygen atoms in total. The lowest BCUT2D eigenvalue weighted by Gasteiger charge is -2.11. The van der Waals surface area contributed by atoms with Gasteiger partial charge in [-0.15, -0.1) is 0 Å². The van der Waals surface area contributed by atoms with Gasteiger partial charge < -0.3 is 0 Å². The maximum absolute atomic E-state index is 12.6. The second-order valence-corrected chi connectivity index (χ2v) is 3.87. The van der Waals surface area contributed by atoms with Gasteiger partial charge >= 0.3 is 6.18 Å². The van der Waals surface area contributed by atoms with Crippen LogP contribution in [0.1, 0.15) is 12.5 Å². The Balaban J connectivity index is 3.00. The molecule has 0 fully saturated rings. The van der Waals surface area contributed by atoms with Crippen molar-refractivity contribution in [3.05, 3.63) is 29.8 Å². The number of carbonyl (C=O) groups excluding carboxylic acids is 1. The molecule has 0 atom stereocenters. The summed E-state index contributed by atoms with van der Waals surface area (Å²) in [5.74, 6) is -0.387. The van der Waals surface area contributed by atoms with Crippen molar-refractivity contribution in [2.75, 3.05) is 5.43 Å². The van der Waals surface area contributed by atoms with E-state index in [1.807, 2.05) is 0 Å². The van der Waals surface area contributed by atoms with Gasteiger partial charge in [-0.1, -0.05) is 12.1 Å². The SMILES string of the molecule is CC(=O)/C(Br)=N\Nc1ccccc1C(F)(F)F. The van der Waals surface area contributed by atoms with Gasteiger partial charge in [0.05, 0.1) is 11.3 Å². The standard InChI is InChI=1S/C10H8BrF3N2O/c1-6(17)9(11)16-15-8-5-3-2-4-7(8)10(12,13)14/h2-5,15H,1H3/b16-9+.